The van der Waals surface area contributed by atoms with Crippen LogP contribution in [0.15, 0.2) is 4.99 Å². The second-order valence-corrected chi connectivity index (χ2v) is 3.41. The molecule has 15 heavy (non-hydrogen) atoms. The summed E-state index contributed by atoms with van der Waals surface area (Å²) in [5.41, 5.74) is 2.47. The van der Waals surface area contributed by atoms with E-state index in [4.69, 9.17) is 5.84 Å². The average molecular weight is 212 g/mol. The maximum Gasteiger partial charge on any atom is 0.206 e. The summed E-state index contributed by atoms with van der Waals surface area (Å²) in [6.07, 6.45) is 0. The molecule has 8 heteroatoms. The van der Waals surface area contributed by atoms with Gasteiger partial charge in [-0.15, -0.1) is 10.2 Å². The first-order chi connectivity index (χ1) is 7.22. The Morgan fingerprint density at radius 3 is 2.93 bits per heavy atom. The number of nitrogens with two attached hydrogens (primary N) is 1. The molecule has 5 N–H and O–H groups in total. The van der Waals surface area contributed by atoms with Crippen LogP contribution in [0, 0.1) is 5.92 Å². The smallest absolute Gasteiger partial charge is 0.206 e. The summed E-state index contributed by atoms with van der Waals surface area (Å²) in [5.74, 6) is 6.86. The predicted molar refractivity (Wildman–Crippen MR) is 55.5 cm³/mol. The van der Waals surface area contributed by atoms with Crippen LogP contribution in [0.25, 0.3) is 0 Å². The lowest BCUT2D eigenvalue weighted by Gasteiger charge is -2.10. The summed E-state index contributed by atoms with van der Waals surface area (Å²) in [5, 5.41) is 16.4. The van der Waals surface area contributed by atoms with Crippen molar-refractivity contribution in [3.63, 3.8) is 0 Å². The van der Waals surface area contributed by atoms with Gasteiger partial charge in [-0.2, -0.15) is 5.21 Å². The number of hydrogen-bond donors (Lipinski definition) is 4. The summed E-state index contributed by atoms with van der Waals surface area (Å²) in [4.78, 5) is 4.14. The normalized spacial score (nSPS) is 11.9. The molecule has 1 heterocycles. The summed E-state index contributed by atoms with van der Waals surface area (Å²) >= 11 is 0. The SMILES string of the molecule is CC(C)CNC(=NCc1nn[nH]n1)NN. The number of hydrogen-bond acceptors (Lipinski definition) is 5. The first-order valence-electron chi connectivity index (χ1n) is 4.69. The van der Waals surface area contributed by atoms with E-state index >= 15 is 0 Å². The van der Waals surface area contributed by atoms with Crippen molar-refractivity contribution in [3.05, 3.63) is 5.82 Å². The molecule has 0 unspecified atom stereocenters. The van der Waals surface area contributed by atoms with Crippen LogP contribution in [0.1, 0.15) is 19.7 Å². The molecule has 84 valence electrons. The molecule has 0 aliphatic heterocycles. The van der Waals surface area contributed by atoms with E-state index in [0.717, 1.165) is 6.54 Å². The zero-order valence-corrected chi connectivity index (χ0v) is 8.86. The summed E-state index contributed by atoms with van der Waals surface area (Å²) in [6, 6.07) is 0. The van der Waals surface area contributed by atoms with Crippen molar-refractivity contribution in [1.29, 1.82) is 0 Å². The Morgan fingerprint density at radius 2 is 2.40 bits per heavy atom. The van der Waals surface area contributed by atoms with Gasteiger partial charge in [-0.1, -0.05) is 19.1 Å². The number of H-pyrrole nitrogens is 1. The summed E-state index contributed by atoms with van der Waals surface area (Å²) in [7, 11) is 0. The Hall–Kier alpha value is -1.70. The summed E-state index contributed by atoms with van der Waals surface area (Å²) < 4.78 is 0. The number of guanidine groups is 1. The monoisotopic (exact) mass is 212 g/mol. The molecule has 0 fully saturated rings. The van der Waals surface area contributed by atoms with E-state index in [-0.39, 0.29) is 0 Å². The first kappa shape index (κ1) is 11.4. The fourth-order valence-electron chi connectivity index (χ4n) is 0.853. The van der Waals surface area contributed by atoms with E-state index in [1.165, 1.54) is 0 Å². The van der Waals surface area contributed by atoms with E-state index in [1.807, 2.05) is 0 Å². The lowest BCUT2D eigenvalue weighted by molar-refractivity contribution is 0.615. The van der Waals surface area contributed by atoms with Gasteiger partial charge in [0.05, 0.1) is 0 Å². The van der Waals surface area contributed by atoms with Gasteiger partial charge in [0.25, 0.3) is 0 Å². The number of tetrazole rings is 1. The number of aromatic amines is 1. The lowest BCUT2D eigenvalue weighted by atomic mass is 10.2. The van der Waals surface area contributed by atoms with Crippen LogP contribution in [0.3, 0.4) is 0 Å². The molecule has 0 saturated carbocycles. The molecule has 1 rings (SSSR count). The van der Waals surface area contributed by atoms with Crippen molar-refractivity contribution in [1.82, 2.24) is 31.4 Å². The van der Waals surface area contributed by atoms with Gasteiger partial charge in [0.15, 0.2) is 5.82 Å². The van der Waals surface area contributed by atoms with Crippen LogP contribution in [0.4, 0.5) is 0 Å². The van der Waals surface area contributed by atoms with Crippen LogP contribution < -0.4 is 16.6 Å². The molecule has 8 nitrogen and oxygen atoms in total. The number of nitrogens with one attached hydrogen (secondary N) is 3. The van der Waals surface area contributed by atoms with E-state index in [2.05, 4.69) is 50.2 Å². The minimum Gasteiger partial charge on any atom is -0.355 e. The van der Waals surface area contributed by atoms with Crippen LogP contribution in [-0.4, -0.2) is 33.1 Å². The highest BCUT2D eigenvalue weighted by molar-refractivity contribution is 5.79. The van der Waals surface area contributed by atoms with Gasteiger partial charge in [-0.05, 0) is 5.92 Å². The van der Waals surface area contributed by atoms with Gasteiger partial charge in [-0.25, -0.2) is 10.8 Å². The van der Waals surface area contributed by atoms with Crippen molar-refractivity contribution in [2.45, 2.75) is 20.4 Å². The van der Waals surface area contributed by atoms with Gasteiger partial charge < -0.3 is 5.32 Å². The zero-order valence-electron chi connectivity index (χ0n) is 8.86. The minimum absolute atomic E-state index is 0.334. The van der Waals surface area contributed by atoms with Gasteiger partial charge >= 0.3 is 0 Å². The molecule has 0 saturated heterocycles. The third-order valence-corrected chi connectivity index (χ3v) is 1.58. The second-order valence-electron chi connectivity index (χ2n) is 3.41. The number of aromatic nitrogens is 4. The first-order valence-corrected chi connectivity index (χ1v) is 4.69. The van der Waals surface area contributed by atoms with Crippen LogP contribution in [0.2, 0.25) is 0 Å². The van der Waals surface area contributed by atoms with E-state index in [1.54, 1.807) is 0 Å². The Bertz CT molecular complexity index is 290. The third-order valence-electron chi connectivity index (χ3n) is 1.58. The molecule has 0 spiro atoms. The lowest BCUT2D eigenvalue weighted by Crippen LogP contribution is -2.43. The van der Waals surface area contributed by atoms with Crippen molar-refractivity contribution in [2.75, 3.05) is 6.54 Å². The van der Waals surface area contributed by atoms with Crippen molar-refractivity contribution in [3.8, 4) is 0 Å². The maximum atomic E-state index is 5.29. The van der Waals surface area contributed by atoms with Gasteiger partial charge in [0.1, 0.15) is 6.54 Å². The molecular formula is C7H16N8. The minimum atomic E-state index is 0.334. The quantitative estimate of drug-likeness (QED) is 0.215. The van der Waals surface area contributed by atoms with Crippen molar-refractivity contribution >= 4 is 5.96 Å². The Labute approximate surface area is 87.7 Å². The van der Waals surface area contributed by atoms with E-state index < -0.39 is 0 Å². The largest absolute Gasteiger partial charge is 0.355 e. The van der Waals surface area contributed by atoms with E-state index in [0.29, 0.717) is 24.2 Å². The van der Waals surface area contributed by atoms with Gasteiger partial charge in [0, 0.05) is 6.54 Å². The standard InChI is InChI=1S/C7H16N8/c1-5(2)3-9-7(11-8)10-4-6-12-14-15-13-6/h5H,3-4,8H2,1-2H3,(H2,9,10,11)(H,12,13,14,15). The fourth-order valence-corrected chi connectivity index (χ4v) is 0.853. The molecular weight excluding hydrogens is 196 g/mol. The molecule has 0 atom stereocenters. The molecule has 1 aromatic heterocycles. The molecule has 0 bridgehead atoms. The Morgan fingerprint density at radius 1 is 1.60 bits per heavy atom. The maximum absolute atomic E-state index is 5.29. The zero-order chi connectivity index (χ0) is 11.1. The van der Waals surface area contributed by atoms with Crippen LogP contribution in [-0.2, 0) is 6.54 Å². The van der Waals surface area contributed by atoms with Gasteiger partial charge in [0.2, 0.25) is 5.96 Å². The molecule has 0 aliphatic carbocycles. The highest BCUT2D eigenvalue weighted by atomic mass is 15.5. The number of rotatable bonds is 4. The molecule has 0 amide bonds. The van der Waals surface area contributed by atoms with Crippen LogP contribution >= 0.6 is 0 Å². The average Bonchev–Trinajstić information content (AvgIpc) is 2.70. The predicted octanol–water partition coefficient (Wildman–Crippen LogP) is -1.24. The highest BCUT2D eigenvalue weighted by Crippen LogP contribution is 1.89. The van der Waals surface area contributed by atoms with Crippen molar-refractivity contribution < 1.29 is 0 Å². The van der Waals surface area contributed by atoms with Gasteiger partial charge in [-0.3, -0.25) is 5.43 Å². The fraction of sp³-hybridized carbons (Fsp3) is 0.714. The molecule has 0 aliphatic rings. The molecule has 1 aromatic rings. The highest BCUT2D eigenvalue weighted by Gasteiger charge is 2.00. The number of nitrogens with zero attached hydrogens (tertiary/aromatic N) is 4. The second kappa shape index (κ2) is 5.91. The Balaban J connectivity index is 2.40. The number of aliphatic imine (C=N–C) groups is 1. The topological polar surface area (TPSA) is 117 Å². The van der Waals surface area contributed by atoms with Crippen LogP contribution in [0.5, 0.6) is 0 Å². The van der Waals surface area contributed by atoms with E-state index in [9.17, 15) is 0 Å². The Kier molecular flexibility index (Phi) is 4.48. The molecule has 0 aromatic carbocycles. The number of hydrazine groups is 1. The third kappa shape index (κ3) is 4.36. The van der Waals surface area contributed by atoms with Crippen molar-refractivity contribution in [2.24, 2.45) is 16.8 Å². The molecule has 0 radical (unpaired) electrons. The summed E-state index contributed by atoms with van der Waals surface area (Å²) in [6.45, 7) is 5.33.